The van der Waals surface area contributed by atoms with Gasteiger partial charge in [0.15, 0.2) is 0 Å². The molecule has 22 heavy (non-hydrogen) atoms. The molecule has 1 rings (SSSR count). The number of rotatable bonds is 8. The molecule has 1 aromatic carbocycles. The summed E-state index contributed by atoms with van der Waals surface area (Å²) in [6, 6.07) is 7.77. The lowest BCUT2D eigenvalue weighted by molar-refractivity contribution is -0.142. The molecule has 0 bridgehead atoms. The Kier molecular flexibility index (Phi) is 7.63. The van der Waals surface area contributed by atoms with Crippen LogP contribution in [0, 0.1) is 0 Å². The number of carbonyl (C=O) groups excluding carboxylic acids is 2. The van der Waals surface area contributed by atoms with Gasteiger partial charge in [-0.05, 0) is 25.2 Å². The van der Waals surface area contributed by atoms with E-state index in [1.54, 1.807) is 37.0 Å². The fourth-order valence-electron chi connectivity index (χ4n) is 1.92. The SMILES string of the molecule is COC(=O)C(CCP(C)(=O)CCCl)NC(=O)c1ccccc1. The molecular weight excluding hydrogens is 325 g/mol. The van der Waals surface area contributed by atoms with Crippen molar-refractivity contribution in [2.75, 3.05) is 32.0 Å². The first-order valence-corrected chi connectivity index (χ1v) is 10.0. The normalized spacial score (nSPS) is 14.7. The summed E-state index contributed by atoms with van der Waals surface area (Å²) in [5.41, 5.74) is 0.455. The molecule has 1 N–H and O–H groups in total. The molecular formula is C15H21ClNO4P. The van der Waals surface area contributed by atoms with Crippen molar-refractivity contribution in [3.8, 4) is 0 Å². The van der Waals surface area contributed by atoms with Crippen LogP contribution >= 0.6 is 18.7 Å². The molecule has 2 atom stereocenters. The van der Waals surface area contributed by atoms with Gasteiger partial charge in [-0.15, -0.1) is 11.6 Å². The van der Waals surface area contributed by atoms with Crippen molar-refractivity contribution in [2.45, 2.75) is 12.5 Å². The van der Waals surface area contributed by atoms with Gasteiger partial charge in [0, 0.05) is 23.8 Å². The standard InChI is InChI=1S/C15H21ClNO4P/c1-21-15(19)13(8-10-22(2,20)11-9-16)17-14(18)12-6-4-3-5-7-12/h3-7,13H,8-11H2,1-2H3,(H,17,18). The van der Waals surface area contributed by atoms with E-state index >= 15 is 0 Å². The number of hydrogen-bond acceptors (Lipinski definition) is 4. The van der Waals surface area contributed by atoms with E-state index < -0.39 is 19.2 Å². The van der Waals surface area contributed by atoms with Crippen molar-refractivity contribution in [3.05, 3.63) is 35.9 Å². The van der Waals surface area contributed by atoms with Crippen LogP contribution in [0.15, 0.2) is 30.3 Å². The second-order valence-corrected chi connectivity index (χ2v) is 9.00. The molecule has 5 nitrogen and oxygen atoms in total. The Balaban J connectivity index is 2.71. The number of ether oxygens (including phenoxy) is 1. The number of alkyl halides is 1. The highest BCUT2D eigenvalue weighted by Gasteiger charge is 2.25. The first-order valence-electron chi connectivity index (χ1n) is 6.95. The predicted molar refractivity (Wildman–Crippen MR) is 88.3 cm³/mol. The van der Waals surface area contributed by atoms with Crippen LogP contribution < -0.4 is 5.32 Å². The Morgan fingerprint density at radius 1 is 1.27 bits per heavy atom. The Morgan fingerprint density at radius 2 is 1.91 bits per heavy atom. The van der Waals surface area contributed by atoms with Gasteiger partial charge in [-0.3, -0.25) is 4.79 Å². The molecule has 0 radical (unpaired) electrons. The zero-order valence-electron chi connectivity index (χ0n) is 12.8. The summed E-state index contributed by atoms with van der Waals surface area (Å²) in [6.45, 7) is 1.66. The second-order valence-electron chi connectivity index (χ2n) is 5.14. The van der Waals surface area contributed by atoms with Gasteiger partial charge in [0.25, 0.3) is 5.91 Å². The molecule has 0 fully saturated rings. The Morgan fingerprint density at radius 3 is 2.45 bits per heavy atom. The molecule has 0 saturated carbocycles. The van der Waals surface area contributed by atoms with Crippen molar-refractivity contribution < 1.29 is 18.9 Å². The summed E-state index contributed by atoms with van der Waals surface area (Å²) in [7, 11) is -1.14. The Bertz CT molecular complexity index is 550. The molecule has 0 aliphatic rings. The first-order chi connectivity index (χ1) is 10.4. The third-order valence-corrected chi connectivity index (χ3v) is 6.10. The molecule has 1 amide bonds. The van der Waals surface area contributed by atoms with Gasteiger partial charge in [0.1, 0.15) is 6.04 Å². The average Bonchev–Trinajstić information content (AvgIpc) is 2.51. The van der Waals surface area contributed by atoms with Crippen LogP contribution in [0.25, 0.3) is 0 Å². The van der Waals surface area contributed by atoms with Crippen LogP contribution in [-0.2, 0) is 14.1 Å². The average molecular weight is 346 g/mol. The van der Waals surface area contributed by atoms with E-state index in [0.29, 0.717) is 23.8 Å². The molecule has 0 spiro atoms. The molecule has 2 unspecified atom stereocenters. The Labute approximate surface area is 135 Å². The zero-order valence-corrected chi connectivity index (χ0v) is 14.4. The van der Waals surface area contributed by atoms with Crippen LogP contribution in [0.1, 0.15) is 16.8 Å². The highest BCUT2D eigenvalue weighted by atomic mass is 35.5. The van der Waals surface area contributed by atoms with Gasteiger partial charge < -0.3 is 14.6 Å². The maximum atomic E-state index is 12.2. The number of carbonyl (C=O) groups is 2. The van der Waals surface area contributed by atoms with Gasteiger partial charge in [-0.1, -0.05) is 18.2 Å². The van der Waals surface area contributed by atoms with Crippen molar-refractivity contribution in [3.63, 3.8) is 0 Å². The third kappa shape index (κ3) is 6.20. The van der Waals surface area contributed by atoms with Gasteiger partial charge in [-0.2, -0.15) is 0 Å². The zero-order chi connectivity index (χ0) is 16.6. The molecule has 7 heteroatoms. The number of esters is 1. The smallest absolute Gasteiger partial charge is 0.328 e. The second kappa shape index (κ2) is 8.96. The maximum Gasteiger partial charge on any atom is 0.328 e. The lowest BCUT2D eigenvalue weighted by Gasteiger charge is -2.19. The fourth-order valence-corrected chi connectivity index (χ4v) is 4.37. The number of halogens is 1. The van der Waals surface area contributed by atoms with E-state index in [-0.39, 0.29) is 12.3 Å². The number of nitrogens with one attached hydrogen (secondary N) is 1. The third-order valence-electron chi connectivity index (χ3n) is 3.28. The van der Waals surface area contributed by atoms with Crippen LogP contribution in [0.4, 0.5) is 0 Å². The molecule has 0 saturated heterocycles. The highest BCUT2D eigenvalue weighted by molar-refractivity contribution is 7.63. The van der Waals surface area contributed by atoms with E-state index in [0.717, 1.165) is 0 Å². The molecule has 0 aromatic heterocycles. The molecule has 0 aliphatic heterocycles. The van der Waals surface area contributed by atoms with Crippen LogP contribution in [0.2, 0.25) is 0 Å². The molecule has 1 aromatic rings. The monoisotopic (exact) mass is 345 g/mol. The van der Waals surface area contributed by atoms with Crippen LogP contribution in [0.5, 0.6) is 0 Å². The minimum absolute atomic E-state index is 0.260. The lowest BCUT2D eigenvalue weighted by atomic mass is 10.1. The maximum absolute atomic E-state index is 12.2. The number of amides is 1. The van der Waals surface area contributed by atoms with E-state index in [9.17, 15) is 14.2 Å². The van der Waals surface area contributed by atoms with E-state index in [4.69, 9.17) is 16.3 Å². The summed E-state index contributed by atoms with van der Waals surface area (Å²) in [5, 5.41) is 2.63. The van der Waals surface area contributed by atoms with Crippen molar-refractivity contribution in [1.82, 2.24) is 5.32 Å². The number of benzene rings is 1. The van der Waals surface area contributed by atoms with Crippen molar-refractivity contribution in [2.24, 2.45) is 0 Å². The van der Waals surface area contributed by atoms with Gasteiger partial charge in [-0.25, -0.2) is 4.79 Å². The first kappa shape index (κ1) is 18.7. The van der Waals surface area contributed by atoms with E-state index in [1.807, 2.05) is 0 Å². The van der Waals surface area contributed by atoms with E-state index in [1.165, 1.54) is 7.11 Å². The predicted octanol–water partition coefficient (Wildman–Crippen LogP) is 2.58. The summed E-state index contributed by atoms with van der Waals surface area (Å²) in [4.78, 5) is 23.9. The molecule has 0 heterocycles. The fraction of sp³-hybridized carbons (Fsp3) is 0.467. The summed E-state index contributed by atoms with van der Waals surface area (Å²) in [5.74, 6) is -0.595. The topological polar surface area (TPSA) is 72.5 Å². The van der Waals surface area contributed by atoms with Crippen molar-refractivity contribution >= 4 is 30.6 Å². The van der Waals surface area contributed by atoms with Crippen molar-refractivity contribution in [1.29, 1.82) is 0 Å². The van der Waals surface area contributed by atoms with Crippen LogP contribution in [0.3, 0.4) is 0 Å². The molecule has 0 aliphatic carbocycles. The lowest BCUT2D eigenvalue weighted by Crippen LogP contribution is -2.42. The highest BCUT2D eigenvalue weighted by Crippen LogP contribution is 2.41. The van der Waals surface area contributed by atoms with E-state index in [2.05, 4.69) is 5.32 Å². The number of methoxy groups -OCH3 is 1. The Hall–Kier alpha value is -1.32. The summed E-state index contributed by atoms with van der Waals surface area (Å²) in [6.07, 6.45) is 1.000. The quantitative estimate of drug-likeness (QED) is 0.446. The van der Waals surface area contributed by atoms with Gasteiger partial charge >= 0.3 is 5.97 Å². The number of hydrogen-bond donors (Lipinski definition) is 1. The molecule has 122 valence electrons. The minimum Gasteiger partial charge on any atom is -0.467 e. The largest absolute Gasteiger partial charge is 0.467 e. The minimum atomic E-state index is -2.40. The van der Waals surface area contributed by atoms with Gasteiger partial charge in [0.2, 0.25) is 0 Å². The van der Waals surface area contributed by atoms with Gasteiger partial charge in [0.05, 0.1) is 14.3 Å². The van der Waals surface area contributed by atoms with Crippen LogP contribution in [-0.4, -0.2) is 49.9 Å². The summed E-state index contributed by atoms with van der Waals surface area (Å²) < 4.78 is 16.9. The summed E-state index contributed by atoms with van der Waals surface area (Å²) >= 11 is 5.62.